The molecular weight excluding hydrogens is 1320 g/mol. The van der Waals surface area contributed by atoms with Crippen molar-refractivity contribution in [3.63, 3.8) is 0 Å². The summed E-state index contributed by atoms with van der Waals surface area (Å²) >= 11 is 27.3. The Kier molecular flexibility index (Phi) is 28.7. The molecule has 0 amide bonds. The molecule has 4 aromatic heterocycles. The number of aliphatic imine (C=N–C) groups is 1. The third-order valence-corrected chi connectivity index (χ3v) is 12.5. The molecule has 0 unspecified atom stereocenters. The van der Waals surface area contributed by atoms with Crippen LogP contribution in [0.3, 0.4) is 0 Å². The summed E-state index contributed by atoms with van der Waals surface area (Å²) in [6.07, 6.45) is 17.6. The van der Waals surface area contributed by atoms with Crippen LogP contribution in [0.4, 0.5) is 17.1 Å². The number of allylic oxidation sites excluding steroid dienone is 1. The van der Waals surface area contributed by atoms with Crippen LogP contribution in [0.2, 0.25) is 15.1 Å². The van der Waals surface area contributed by atoms with Gasteiger partial charge in [0.15, 0.2) is 11.6 Å². The second kappa shape index (κ2) is 35.3. The van der Waals surface area contributed by atoms with Crippen LogP contribution < -0.4 is 17.2 Å². The zero-order valence-electron chi connectivity index (χ0n) is 42.2. The number of carbonyl (C=O) groups is 2. The number of H-pyrrole nitrogens is 1. The van der Waals surface area contributed by atoms with Crippen molar-refractivity contribution in [2.75, 3.05) is 23.7 Å². The molecule has 0 aliphatic carbocycles. The van der Waals surface area contributed by atoms with E-state index in [-0.39, 0.29) is 28.6 Å². The Morgan fingerprint density at radius 3 is 1.31 bits per heavy atom. The van der Waals surface area contributed by atoms with Gasteiger partial charge in [-0.2, -0.15) is 20.4 Å². The van der Waals surface area contributed by atoms with Gasteiger partial charge in [0.05, 0.1) is 71.0 Å². The number of nitrogen functional groups attached to an aromatic ring is 3. The second-order valence-electron chi connectivity index (χ2n) is 16.3. The van der Waals surface area contributed by atoms with E-state index in [0.29, 0.717) is 50.2 Å². The van der Waals surface area contributed by atoms with E-state index < -0.39 is 0 Å². The van der Waals surface area contributed by atoms with Gasteiger partial charge in [0, 0.05) is 78.7 Å². The van der Waals surface area contributed by atoms with Crippen LogP contribution in [0.1, 0.15) is 48.5 Å². The number of halogens is 6. The number of anilines is 3. The summed E-state index contributed by atoms with van der Waals surface area (Å²) in [4.78, 5) is 28.3. The number of hydrogen-bond acceptors (Lipinski definition) is 11. The predicted octanol–water partition coefficient (Wildman–Crippen LogP) is 14.0. The fourth-order valence-electron chi connectivity index (χ4n) is 6.66. The van der Waals surface area contributed by atoms with Crippen LogP contribution in [0, 0.1) is 11.8 Å². The van der Waals surface area contributed by atoms with Crippen LogP contribution in [0.25, 0.3) is 0 Å². The molecule has 15 nitrogen and oxygen atoms in total. The van der Waals surface area contributed by atoms with Crippen molar-refractivity contribution in [1.82, 2.24) is 39.5 Å². The van der Waals surface area contributed by atoms with Crippen LogP contribution >= 0.6 is 82.6 Å². The maximum absolute atomic E-state index is 12.5. The van der Waals surface area contributed by atoms with Crippen molar-refractivity contribution in [2.45, 2.75) is 19.6 Å². The summed E-state index contributed by atoms with van der Waals surface area (Å²) in [6, 6.07) is 47.2. The van der Waals surface area contributed by atoms with E-state index >= 15 is 0 Å². The van der Waals surface area contributed by atoms with E-state index in [1.807, 2.05) is 94.6 Å². The number of ketones is 2. The van der Waals surface area contributed by atoms with Gasteiger partial charge in [0.2, 0.25) is 0 Å². The molecule has 80 heavy (non-hydrogen) atoms. The number of aromatic amines is 1. The number of nitrogens with one attached hydrogen (secondary N) is 1. The molecule has 0 saturated heterocycles. The van der Waals surface area contributed by atoms with Crippen molar-refractivity contribution >= 4 is 117 Å². The predicted molar refractivity (Wildman–Crippen MR) is 327 cm³/mol. The first kappa shape index (κ1) is 65.1. The molecule has 412 valence electrons. The molecule has 1 aliphatic heterocycles. The second-order valence-corrected chi connectivity index (χ2v) is 20.4. The molecule has 0 saturated carbocycles. The molecule has 1 aliphatic rings. The minimum atomic E-state index is -0.191. The Labute approximate surface area is 514 Å². The number of hydrogen-bond donors (Lipinski definition) is 4. The van der Waals surface area contributed by atoms with Crippen molar-refractivity contribution in [3.8, 4) is 0 Å². The Bertz CT molecular complexity index is 3420. The van der Waals surface area contributed by atoms with Gasteiger partial charge in [-0.3, -0.25) is 33.7 Å². The third kappa shape index (κ3) is 23.1. The smallest absolute Gasteiger partial charge is 0.512 e. The van der Waals surface area contributed by atoms with E-state index in [9.17, 15) is 9.59 Å². The van der Waals surface area contributed by atoms with Gasteiger partial charge in [-0.1, -0.05) is 126 Å². The van der Waals surface area contributed by atoms with E-state index in [2.05, 4.69) is 103 Å². The summed E-state index contributed by atoms with van der Waals surface area (Å²) in [5, 5.41) is 26.8. The largest absolute Gasteiger partial charge is 1.00 e. The van der Waals surface area contributed by atoms with Gasteiger partial charge in [-0.25, -0.2) is 0 Å². The molecule has 0 radical (unpaired) electrons. The quantitative estimate of drug-likeness (QED) is 0.0438. The Morgan fingerprint density at radius 1 is 0.550 bits per heavy atom. The zero-order valence-corrected chi connectivity index (χ0v) is 50.1. The first-order chi connectivity index (χ1) is 38.2. The molecule has 0 spiro atoms. The molecule has 7 N–H and O–H groups in total. The molecule has 0 bridgehead atoms. The minimum absolute atomic E-state index is 0. The normalized spacial score (nSPS) is 10.5. The van der Waals surface area contributed by atoms with E-state index in [0.717, 1.165) is 49.3 Å². The zero-order chi connectivity index (χ0) is 56.9. The molecular formula is C58H50Br3Cl3CuN13O2. The maximum atomic E-state index is 12.5. The molecule has 11 rings (SSSR count). The van der Waals surface area contributed by atoms with Crippen molar-refractivity contribution in [1.29, 1.82) is 5.26 Å². The summed E-state index contributed by atoms with van der Waals surface area (Å²) < 4.78 is 8.66. The molecule has 0 atom stereocenters. The fourth-order valence-corrected chi connectivity index (χ4v) is 8.08. The minimum Gasteiger partial charge on any atom is -0.512 e. The van der Waals surface area contributed by atoms with Gasteiger partial charge >= 0.3 is 17.1 Å². The summed E-state index contributed by atoms with van der Waals surface area (Å²) in [5.74, 6) is -0.372. The standard InChI is InChI=1S/C17H14ClN3O.2C10H9BrN2.C10H8ClN3O.C6H6ClN.C4H4BrN.CN.Cu/c18-14-6-7-16(19)15(8-14)17(22)13-9-20-21(11-13)10-12-4-2-1-3-5-12;2*11-10-6-12-13(8-10)7-9-4-2-1-3-5-9;11-7-1-2-9(12)8(3-7)10(15)6-4-13-14-5-6;7-5-1-3-6(8)4-2-5;5-4-1-2-6-3-4;1-2;/h1-9,11H,10,19H2;2*1-6,8H,7H2;1-5H,12H2,(H,13,14);1-4H,8H2;1,3H,2H2;;/q;;;;;;-1;+1. The number of aromatic nitrogens is 8. The van der Waals surface area contributed by atoms with Gasteiger partial charge < -0.3 is 29.0 Å². The van der Waals surface area contributed by atoms with E-state index in [1.54, 1.807) is 96.3 Å². The van der Waals surface area contributed by atoms with Gasteiger partial charge in [-0.05, 0) is 131 Å². The van der Waals surface area contributed by atoms with Crippen LogP contribution in [0.5, 0.6) is 0 Å². The Balaban J connectivity index is 0.000000213. The molecule has 6 aromatic carbocycles. The fraction of sp³-hybridized carbons (Fsp3) is 0.0690. The number of nitrogens with zero attached hydrogens (tertiary/aromatic N) is 9. The first-order valence-corrected chi connectivity index (χ1v) is 27.0. The monoisotopic (exact) mass is 1370 g/mol. The molecule has 0 fully saturated rings. The van der Waals surface area contributed by atoms with E-state index in [4.69, 9.17) is 63.8 Å². The number of nitrogens with two attached hydrogens (primary N) is 3. The maximum Gasteiger partial charge on any atom is 1.00 e. The average Bonchev–Trinajstić information content (AvgIpc) is 4.37. The van der Waals surface area contributed by atoms with Crippen LogP contribution in [-0.4, -0.2) is 63.9 Å². The topological polar surface area (TPSA) is 230 Å². The molecule has 22 heteroatoms. The van der Waals surface area contributed by atoms with Crippen molar-refractivity contribution < 1.29 is 26.7 Å². The molecule has 10 aromatic rings. The van der Waals surface area contributed by atoms with Crippen LogP contribution in [-0.2, 0) is 36.7 Å². The van der Waals surface area contributed by atoms with Crippen molar-refractivity contribution in [3.05, 3.63) is 281 Å². The van der Waals surface area contributed by atoms with E-state index in [1.165, 1.54) is 23.5 Å². The van der Waals surface area contributed by atoms with Crippen LogP contribution in [0.15, 0.2) is 226 Å². The number of carbonyl (C=O) groups excluding carboxylic acids is 2. The SMILES string of the molecule is BrC1=CCN=C1.Brc1cnn(Cc2ccccc2)c1.Brc1cnn(Cc2ccccc2)c1.Nc1ccc(Cl)cc1.Nc1ccc(Cl)cc1C(=O)c1cn[nH]c1.Nc1ccc(Cl)cc1C(=O)c1cnn(Cc2ccccc2)c1.[C-]#N.[Cu+]. The first-order valence-electron chi connectivity index (χ1n) is 23.5. The van der Waals surface area contributed by atoms with Gasteiger partial charge in [0.25, 0.3) is 0 Å². The number of benzene rings is 6. The Morgan fingerprint density at radius 2 is 0.963 bits per heavy atom. The summed E-state index contributed by atoms with van der Waals surface area (Å²) in [6.45, 7) is 7.86. The number of rotatable bonds is 10. The van der Waals surface area contributed by atoms with Gasteiger partial charge in [0.1, 0.15) is 0 Å². The summed E-state index contributed by atoms with van der Waals surface area (Å²) in [7, 11) is 0. The molecule has 5 heterocycles. The van der Waals surface area contributed by atoms with Gasteiger partial charge in [-0.15, -0.1) is 0 Å². The average molecular weight is 1370 g/mol. The van der Waals surface area contributed by atoms with Crippen molar-refractivity contribution in [2.24, 2.45) is 4.99 Å². The third-order valence-electron chi connectivity index (χ3n) is 10.4. The Hall–Kier alpha value is -7.37. The summed E-state index contributed by atoms with van der Waals surface area (Å²) in [5.41, 5.74) is 23.8.